The molecule has 0 aliphatic carbocycles. The van der Waals surface area contributed by atoms with E-state index in [4.69, 9.17) is 18.9 Å². The van der Waals surface area contributed by atoms with Gasteiger partial charge in [-0.2, -0.15) is 0 Å². The molecule has 142 valence electrons. The molecule has 1 heterocycles. The molecule has 0 saturated heterocycles. The number of aliphatic hydroxyl groups is 1. The van der Waals surface area contributed by atoms with E-state index in [0.717, 1.165) is 5.56 Å². The summed E-state index contributed by atoms with van der Waals surface area (Å²) in [6.45, 7) is -0.275. The molecule has 1 aliphatic heterocycles. The Morgan fingerprint density at radius 1 is 1.07 bits per heavy atom. The lowest BCUT2D eigenvalue weighted by atomic mass is 10.0. The van der Waals surface area contributed by atoms with Crippen molar-refractivity contribution in [3.05, 3.63) is 47.5 Å². The van der Waals surface area contributed by atoms with Crippen LogP contribution in [0.5, 0.6) is 28.7 Å². The van der Waals surface area contributed by atoms with Gasteiger partial charge in [0.25, 0.3) is 0 Å². The van der Waals surface area contributed by atoms with E-state index in [1.807, 2.05) is 0 Å². The number of carbonyl (C=O) groups excluding carboxylic acids is 1. The van der Waals surface area contributed by atoms with Gasteiger partial charge in [-0.1, -0.05) is 12.1 Å². The number of rotatable bonds is 6. The van der Waals surface area contributed by atoms with Crippen LogP contribution in [0.2, 0.25) is 0 Å². The largest absolute Gasteiger partial charge is 0.502 e. The highest BCUT2D eigenvalue weighted by molar-refractivity contribution is 5.74. The summed E-state index contributed by atoms with van der Waals surface area (Å²) < 4.78 is 22.3. The molecule has 1 aliphatic rings. The summed E-state index contributed by atoms with van der Waals surface area (Å²) in [7, 11) is 2.86. The van der Waals surface area contributed by atoms with Crippen LogP contribution < -0.4 is 18.9 Å². The van der Waals surface area contributed by atoms with Crippen LogP contribution in [0.1, 0.15) is 17.2 Å². The second kappa shape index (κ2) is 8.01. The number of aromatic hydroxyl groups is 1. The van der Waals surface area contributed by atoms with Gasteiger partial charge < -0.3 is 29.2 Å². The van der Waals surface area contributed by atoms with Gasteiger partial charge in [0.1, 0.15) is 6.29 Å². The van der Waals surface area contributed by atoms with Gasteiger partial charge in [-0.3, -0.25) is 4.79 Å². The van der Waals surface area contributed by atoms with Gasteiger partial charge in [-0.25, -0.2) is 0 Å². The van der Waals surface area contributed by atoms with E-state index in [0.29, 0.717) is 23.3 Å². The third kappa shape index (κ3) is 3.68. The zero-order valence-electron chi connectivity index (χ0n) is 14.9. The van der Waals surface area contributed by atoms with Crippen molar-refractivity contribution >= 4 is 12.4 Å². The predicted molar refractivity (Wildman–Crippen MR) is 97.6 cm³/mol. The maximum absolute atomic E-state index is 10.5. The molecule has 2 atom stereocenters. The summed E-state index contributed by atoms with van der Waals surface area (Å²) in [6, 6.07) is 8.45. The Labute approximate surface area is 156 Å². The molecule has 2 N–H and O–H groups in total. The van der Waals surface area contributed by atoms with Crippen LogP contribution in [0.3, 0.4) is 0 Å². The van der Waals surface area contributed by atoms with Crippen LogP contribution in [0.15, 0.2) is 36.4 Å². The van der Waals surface area contributed by atoms with Crippen molar-refractivity contribution in [3.63, 3.8) is 0 Å². The first-order valence-electron chi connectivity index (χ1n) is 8.26. The average Bonchev–Trinajstić information content (AvgIpc) is 2.71. The van der Waals surface area contributed by atoms with Crippen molar-refractivity contribution < 1.29 is 34.0 Å². The van der Waals surface area contributed by atoms with Crippen molar-refractivity contribution in [2.45, 2.75) is 12.2 Å². The molecule has 7 nitrogen and oxygen atoms in total. The van der Waals surface area contributed by atoms with Gasteiger partial charge in [0, 0.05) is 5.56 Å². The number of allylic oxidation sites excluding steroid dienone is 1. The maximum Gasteiger partial charge on any atom is 0.200 e. The number of ether oxygens (including phenoxy) is 4. The molecule has 0 fully saturated rings. The number of hydrogen-bond donors (Lipinski definition) is 2. The van der Waals surface area contributed by atoms with Crippen LogP contribution in [0.25, 0.3) is 6.08 Å². The Morgan fingerprint density at radius 3 is 2.37 bits per heavy atom. The summed E-state index contributed by atoms with van der Waals surface area (Å²) in [6.07, 6.45) is 2.41. The van der Waals surface area contributed by atoms with E-state index in [-0.39, 0.29) is 23.9 Å². The summed E-state index contributed by atoms with van der Waals surface area (Å²) in [5.41, 5.74) is 1.38. The molecule has 0 bridgehead atoms. The Kier molecular flexibility index (Phi) is 5.52. The molecule has 0 saturated carbocycles. The average molecular weight is 372 g/mol. The van der Waals surface area contributed by atoms with Crippen molar-refractivity contribution in [2.75, 3.05) is 20.8 Å². The van der Waals surface area contributed by atoms with Gasteiger partial charge in [-0.05, 0) is 35.9 Å². The van der Waals surface area contributed by atoms with Crippen molar-refractivity contribution in [2.24, 2.45) is 0 Å². The monoisotopic (exact) mass is 372 g/mol. The van der Waals surface area contributed by atoms with Crippen LogP contribution >= 0.6 is 0 Å². The Hall–Kier alpha value is -3.19. The zero-order chi connectivity index (χ0) is 19.4. The first-order chi connectivity index (χ1) is 13.1. The third-order valence-corrected chi connectivity index (χ3v) is 4.22. The zero-order valence-corrected chi connectivity index (χ0v) is 14.9. The molecule has 2 aromatic rings. The molecular weight excluding hydrogens is 352 g/mol. The molecule has 0 aromatic heterocycles. The minimum atomic E-state index is -0.659. The number of phenols is 1. The standard InChI is InChI=1S/C20H20O7/c1-24-16-9-13(10-17(25-2)19(16)23)20-18(11-22)26-14-6-5-12(4-3-7-21)8-15(14)27-20/h3-10,18,20,22-23H,11H2,1-2H3. The highest BCUT2D eigenvalue weighted by Gasteiger charge is 2.34. The van der Waals surface area contributed by atoms with E-state index in [9.17, 15) is 15.0 Å². The van der Waals surface area contributed by atoms with E-state index in [1.165, 1.54) is 20.3 Å². The number of phenolic OH excluding ortho intramolecular Hbond substituents is 1. The third-order valence-electron chi connectivity index (χ3n) is 4.22. The number of aliphatic hydroxyl groups excluding tert-OH is 1. The number of fused-ring (bicyclic) bond motifs is 1. The summed E-state index contributed by atoms with van der Waals surface area (Å²) in [4.78, 5) is 10.5. The Morgan fingerprint density at radius 2 is 1.78 bits per heavy atom. The normalized spacial score (nSPS) is 18.3. The van der Waals surface area contributed by atoms with Crippen molar-refractivity contribution in [1.82, 2.24) is 0 Å². The van der Waals surface area contributed by atoms with Crippen molar-refractivity contribution in [3.8, 4) is 28.7 Å². The number of hydrogen-bond acceptors (Lipinski definition) is 7. The first-order valence-corrected chi connectivity index (χ1v) is 8.26. The minimum absolute atomic E-state index is 0.122. The van der Waals surface area contributed by atoms with E-state index in [2.05, 4.69) is 0 Å². The van der Waals surface area contributed by atoms with Gasteiger partial charge in [0.05, 0.1) is 20.8 Å². The molecule has 27 heavy (non-hydrogen) atoms. The van der Waals surface area contributed by atoms with Gasteiger partial charge in [0.2, 0.25) is 5.75 Å². The van der Waals surface area contributed by atoms with Crippen LogP contribution in [0, 0.1) is 0 Å². The second-order valence-electron chi connectivity index (χ2n) is 5.85. The highest BCUT2D eigenvalue weighted by atomic mass is 16.6. The lowest BCUT2D eigenvalue weighted by Crippen LogP contribution is -2.36. The fraction of sp³-hybridized carbons (Fsp3) is 0.250. The molecule has 2 unspecified atom stereocenters. The fourth-order valence-electron chi connectivity index (χ4n) is 2.90. The van der Waals surface area contributed by atoms with Gasteiger partial charge in [-0.15, -0.1) is 0 Å². The Balaban J connectivity index is 2.01. The Bertz CT molecular complexity index is 834. The lowest BCUT2D eigenvalue weighted by Gasteiger charge is -2.33. The molecule has 7 heteroatoms. The maximum atomic E-state index is 10.5. The number of benzene rings is 2. The fourth-order valence-corrected chi connectivity index (χ4v) is 2.90. The second-order valence-corrected chi connectivity index (χ2v) is 5.85. The summed E-state index contributed by atoms with van der Waals surface area (Å²) in [5.74, 6) is 1.29. The molecular formula is C20H20O7. The number of aldehydes is 1. The minimum Gasteiger partial charge on any atom is -0.502 e. The van der Waals surface area contributed by atoms with Crippen LogP contribution in [-0.2, 0) is 4.79 Å². The number of carbonyl (C=O) groups is 1. The van der Waals surface area contributed by atoms with E-state index < -0.39 is 12.2 Å². The summed E-state index contributed by atoms with van der Waals surface area (Å²) >= 11 is 0. The number of methoxy groups -OCH3 is 2. The molecule has 0 amide bonds. The van der Waals surface area contributed by atoms with Crippen LogP contribution in [-0.4, -0.2) is 43.4 Å². The highest BCUT2D eigenvalue weighted by Crippen LogP contribution is 2.44. The smallest absolute Gasteiger partial charge is 0.200 e. The molecule has 0 radical (unpaired) electrons. The molecule has 2 aromatic carbocycles. The quantitative estimate of drug-likeness (QED) is 0.594. The van der Waals surface area contributed by atoms with Gasteiger partial charge >= 0.3 is 0 Å². The van der Waals surface area contributed by atoms with E-state index >= 15 is 0 Å². The lowest BCUT2D eigenvalue weighted by molar-refractivity contribution is -0.104. The van der Waals surface area contributed by atoms with E-state index in [1.54, 1.807) is 36.4 Å². The molecule has 0 spiro atoms. The predicted octanol–water partition coefficient (Wildman–Crippen LogP) is 2.49. The van der Waals surface area contributed by atoms with Gasteiger partial charge in [0.15, 0.2) is 35.2 Å². The van der Waals surface area contributed by atoms with Crippen molar-refractivity contribution in [1.29, 1.82) is 0 Å². The van der Waals surface area contributed by atoms with Crippen LogP contribution in [0.4, 0.5) is 0 Å². The summed E-state index contributed by atoms with van der Waals surface area (Å²) in [5, 5.41) is 19.9. The molecule has 3 rings (SSSR count). The first kappa shape index (κ1) is 18.6. The SMILES string of the molecule is COc1cc(C2Oc3cc(C=CC=O)ccc3OC2CO)cc(OC)c1O. The topological polar surface area (TPSA) is 94.5 Å².